The first-order valence-corrected chi connectivity index (χ1v) is 8.75. The van der Waals surface area contributed by atoms with E-state index in [0.29, 0.717) is 10.6 Å². The van der Waals surface area contributed by atoms with Crippen LogP contribution in [-0.2, 0) is 4.79 Å². The lowest BCUT2D eigenvalue weighted by molar-refractivity contribution is -0.157. The van der Waals surface area contributed by atoms with Crippen molar-refractivity contribution in [1.82, 2.24) is 10.2 Å². The van der Waals surface area contributed by atoms with Gasteiger partial charge in [0.15, 0.2) is 0 Å². The number of ether oxygens (including phenoxy) is 1. The average molecular weight is 386 g/mol. The summed E-state index contributed by atoms with van der Waals surface area (Å²) in [6, 6.07) is 4.53. The Hall–Kier alpha value is -2.29. The molecule has 1 aromatic carbocycles. The van der Waals surface area contributed by atoms with Crippen LogP contribution in [0.5, 0.6) is 5.75 Å². The molecule has 0 spiro atoms. The smallest absolute Gasteiger partial charge is 0.406 e. The minimum Gasteiger partial charge on any atom is -0.497 e. The number of thiophene rings is 1. The fourth-order valence-electron chi connectivity index (χ4n) is 3.01. The van der Waals surface area contributed by atoms with Gasteiger partial charge >= 0.3 is 6.18 Å². The molecule has 0 aliphatic carbocycles. The number of carbonyl (C=O) groups excluding carboxylic acids is 2. The fourth-order valence-corrected chi connectivity index (χ4v) is 4.11. The van der Waals surface area contributed by atoms with Crippen molar-refractivity contribution < 1.29 is 27.5 Å². The van der Waals surface area contributed by atoms with Crippen molar-refractivity contribution in [2.24, 2.45) is 0 Å². The van der Waals surface area contributed by atoms with Crippen LogP contribution in [0, 0.1) is 6.92 Å². The van der Waals surface area contributed by atoms with Crippen molar-refractivity contribution in [3.8, 4) is 5.75 Å². The van der Waals surface area contributed by atoms with Gasteiger partial charge in [0.25, 0.3) is 5.91 Å². The van der Waals surface area contributed by atoms with Crippen LogP contribution in [0.3, 0.4) is 0 Å². The molecule has 1 unspecified atom stereocenters. The zero-order valence-corrected chi connectivity index (χ0v) is 15.0. The molecule has 1 atom stereocenters. The standard InChI is InChI=1S/C17H17F3N2O3S/c1-9-11-7-10(25-2)3-4-13(11)26-14(9)15(23)21-12-5-6-22(16(12)24)8-17(18,19)20/h3-4,7,12H,5-6,8H2,1-2H3,(H,21,23). The van der Waals surface area contributed by atoms with Gasteiger partial charge in [-0.15, -0.1) is 11.3 Å². The number of alkyl halides is 3. The van der Waals surface area contributed by atoms with E-state index in [2.05, 4.69) is 5.32 Å². The number of rotatable bonds is 4. The Labute approximate surface area is 151 Å². The van der Waals surface area contributed by atoms with Crippen LogP contribution in [-0.4, -0.2) is 49.1 Å². The predicted molar refractivity (Wildman–Crippen MR) is 91.6 cm³/mol. The Morgan fingerprint density at radius 2 is 2.15 bits per heavy atom. The molecule has 1 aliphatic heterocycles. The number of benzene rings is 1. The molecule has 0 saturated carbocycles. The van der Waals surface area contributed by atoms with Crippen LogP contribution < -0.4 is 10.1 Å². The molecule has 2 heterocycles. The Bertz CT molecular complexity index is 863. The van der Waals surface area contributed by atoms with Crippen LogP contribution in [0.15, 0.2) is 18.2 Å². The van der Waals surface area contributed by atoms with Gasteiger partial charge in [0, 0.05) is 11.2 Å². The largest absolute Gasteiger partial charge is 0.497 e. The summed E-state index contributed by atoms with van der Waals surface area (Å²) in [4.78, 5) is 25.8. The zero-order chi connectivity index (χ0) is 19.1. The van der Waals surface area contributed by atoms with Crippen LogP contribution >= 0.6 is 11.3 Å². The molecule has 2 amide bonds. The third-order valence-electron chi connectivity index (χ3n) is 4.32. The molecule has 9 heteroatoms. The first-order valence-electron chi connectivity index (χ1n) is 7.93. The number of nitrogens with zero attached hydrogens (tertiary/aromatic N) is 1. The second-order valence-corrected chi connectivity index (χ2v) is 7.16. The number of hydrogen-bond donors (Lipinski definition) is 1. The Kier molecular flexibility index (Phi) is 4.83. The monoisotopic (exact) mass is 386 g/mol. The van der Waals surface area contributed by atoms with Gasteiger partial charge < -0.3 is 15.0 Å². The quantitative estimate of drug-likeness (QED) is 0.879. The minimum absolute atomic E-state index is 0.0219. The van der Waals surface area contributed by atoms with E-state index < -0.39 is 30.6 Å². The number of amides is 2. The molecule has 5 nitrogen and oxygen atoms in total. The van der Waals surface area contributed by atoms with Gasteiger partial charge in [-0.25, -0.2) is 0 Å². The van der Waals surface area contributed by atoms with Crippen molar-refractivity contribution in [2.45, 2.75) is 25.6 Å². The van der Waals surface area contributed by atoms with Gasteiger partial charge in [-0.05, 0) is 42.5 Å². The van der Waals surface area contributed by atoms with Gasteiger partial charge in [-0.2, -0.15) is 13.2 Å². The number of likely N-dealkylation sites (tertiary alicyclic amines) is 1. The zero-order valence-electron chi connectivity index (χ0n) is 14.1. The summed E-state index contributed by atoms with van der Waals surface area (Å²) in [6.45, 7) is 0.478. The molecular formula is C17H17F3N2O3S. The number of nitrogens with one attached hydrogen (secondary N) is 1. The highest BCUT2D eigenvalue weighted by Crippen LogP contribution is 2.33. The first kappa shape index (κ1) is 18.5. The van der Waals surface area contributed by atoms with Crippen LogP contribution in [0.2, 0.25) is 0 Å². The second kappa shape index (κ2) is 6.79. The van der Waals surface area contributed by atoms with E-state index in [9.17, 15) is 22.8 Å². The SMILES string of the molecule is COc1ccc2sc(C(=O)NC3CCN(CC(F)(F)F)C3=O)c(C)c2c1. The lowest BCUT2D eigenvalue weighted by Gasteiger charge is -2.18. The molecule has 140 valence electrons. The van der Waals surface area contributed by atoms with E-state index >= 15 is 0 Å². The summed E-state index contributed by atoms with van der Waals surface area (Å²) in [5.41, 5.74) is 0.749. The summed E-state index contributed by atoms with van der Waals surface area (Å²) in [7, 11) is 1.55. The number of aryl methyl sites for hydroxylation is 1. The number of methoxy groups -OCH3 is 1. The Morgan fingerprint density at radius 1 is 1.42 bits per heavy atom. The van der Waals surface area contributed by atoms with E-state index in [0.717, 1.165) is 20.5 Å². The Morgan fingerprint density at radius 3 is 2.81 bits per heavy atom. The van der Waals surface area contributed by atoms with E-state index in [1.807, 2.05) is 12.1 Å². The van der Waals surface area contributed by atoms with E-state index in [4.69, 9.17) is 4.74 Å². The van der Waals surface area contributed by atoms with Crippen molar-refractivity contribution in [1.29, 1.82) is 0 Å². The maximum atomic E-state index is 12.6. The van der Waals surface area contributed by atoms with Crippen molar-refractivity contribution in [2.75, 3.05) is 20.2 Å². The van der Waals surface area contributed by atoms with Gasteiger partial charge in [0.1, 0.15) is 18.3 Å². The molecule has 3 rings (SSSR count). The van der Waals surface area contributed by atoms with Gasteiger partial charge in [-0.1, -0.05) is 0 Å². The summed E-state index contributed by atoms with van der Waals surface area (Å²) >= 11 is 1.27. The maximum absolute atomic E-state index is 12.6. The molecule has 26 heavy (non-hydrogen) atoms. The molecule has 1 aromatic heterocycles. The molecule has 1 saturated heterocycles. The lowest BCUT2D eigenvalue weighted by Crippen LogP contribution is -2.43. The average Bonchev–Trinajstić information content (AvgIpc) is 3.08. The van der Waals surface area contributed by atoms with Crippen molar-refractivity contribution in [3.63, 3.8) is 0 Å². The summed E-state index contributed by atoms with van der Waals surface area (Å²) in [6.07, 6.45) is -4.28. The topological polar surface area (TPSA) is 58.6 Å². The second-order valence-electron chi connectivity index (χ2n) is 6.11. The highest BCUT2D eigenvalue weighted by molar-refractivity contribution is 7.21. The van der Waals surface area contributed by atoms with Crippen molar-refractivity contribution >= 4 is 33.2 Å². The summed E-state index contributed by atoms with van der Waals surface area (Å²) in [5.74, 6) is -0.481. The molecule has 0 radical (unpaired) electrons. The molecule has 0 bridgehead atoms. The molecular weight excluding hydrogens is 369 g/mol. The molecule has 1 fully saturated rings. The minimum atomic E-state index is -4.45. The molecule has 1 N–H and O–H groups in total. The first-order chi connectivity index (χ1) is 12.2. The van der Waals surface area contributed by atoms with E-state index in [1.54, 1.807) is 20.1 Å². The number of carbonyl (C=O) groups is 2. The third-order valence-corrected chi connectivity index (χ3v) is 5.59. The number of halogens is 3. The molecule has 2 aromatic rings. The lowest BCUT2D eigenvalue weighted by atomic mass is 10.1. The third kappa shape index (κ3) is 3.62. The van der Waals surface area contributed by atoms with Crippen LogP contribution in [0.25, 0.3) is 10.1 Å². The fraction of sp³-hybridized carbons (Fsp3) is 0.412. The highest BCUT2D eigenvalue weighted by Gasteiger charge is 2.40. The van der Waals surface area contributed by atoms with Gasteiger partial charge in [0.2, 0.25) is 5.91 Å². The summed E-state index contributed by atoms with van der Waals surface area (Å²) < 4.78 is 43.5. The van der Waals surface area contributed by atoms with E-state index in [-0.39, 0.29) is 13.0 Å². The Balaban J connectivity index is 1.75. The van der Waals surface area contributed by atoms with Crippen LogP contribution in [0.1, 0.15) is 21.7 Å². The maximum Gasteiger partial charge on any atom is 0.406 e. The number of hydrogen-bond acceptors (Lipinski definition) is 4. The van der Waals surface area contributed by atoms with Crippen LogP contribution in [0.4, 0.5) is 13.2 Å². The van der Waals surface area contributed by atoms with Gasteiger partial charge in [-0.3, -0.25) is 9.59 Å². The molecule has 1 aliphatic rings. The van der Waals surface area contributed by atoms with E-state index in [1.165, 1.54) is 11.3 Å². The predicted octanol–water partition coefficient (Wildman–Crippen LogP) is 3.11. The number of fused-ring (bicyclic) bond motifs is 1. The highest BCUT2D eigenvalue weighted by atomic mass is 32.1. The summed E-state index contributed by atoms with van der Waals surface area (Å²) in [5, 5.41) is 3.44. The van der Waals surface area contributed by atoms with Gasteiger partial charge in [0.05, 0.1) is 12.0 Å². The normalized spacial score (nSPS) is 17.8. The van der Waals surface area contributed by atoms with Crippen molar-refractivity contribution in [3.05, 3.63) is 28.6 Å².